The summed E-state index contributed by atoms with van der Waals surface area (Å²) < 4.78 is 0. The van der Waals surface area contributed by atoms with Gasteiger partial charge in [-0.15, -0.1) is 0 Å². The minimum absolute atomic E-state index is 0.0406. The maximum atomic E-state index is 12.2. The van der Waals surface area contributed by atoms with Crippen LogP contribution >= 0.6 is 0 Å². The minimum atomic E-state index is -0.848. The highest BCUT2D eigenvalue weighted by molar-refractivity contribution is 5.82. The molecule has 0 radical (unpaired) electrons. The van der Waals surface area contributed by atoms with E-state index in [1.54, 1.807) is 0 Å². The fraction of sp³-hybridized carbons (Fsp3) is 0.833. The normalized spacial score (nSPS) is 21.7. The maximum Gasteiger partial charge on any atom is 0.303 e. The van der Waals surface area contributed by atoms with Crippen LogP contribution in [0.15, 0.2) is 0 Å². The Kier molecular flexibility index (Phi) is 5.41. The van der Waals surface area contributed by atoms with Gasteiger partial charge in [0.1, 0.15) is 0 Å². The standard InChI is InChI=1S/C12H22N2O3/c1-9(2)8-14-7-3-6-13-10(12(14)17)4-5-11(15)16/h9-10,13H,3-8H2,1-2H3,(H,15,16). The van der Waals surface area contributed by atoms with Crippen LogP contribution in [-0.2, 0) is 9.59 Å². The summed E-state index contributed by atoms with van der Waals surface area (Å²) in [6.07, 6.45) is 1.35. The number of carbonyl (C=O) groups excluding carboxylic acids is 1. The number of aliphatic carboxylic acids is 1. The number of nitrogens with zero attached hydrogens (tertiary/aromatic N) is 1. The molecule has 1 aliphatic heterocycles. The molecule has 5 nitrogen and oxygen atoms in total. The molecular weight excluding hydrogens is 220 g/mol. The van der Waals surface area contributed by atoms with E-state index in [0.717, 1.165) is 26.1 Å². The first-order chi connectivity index (χ1) is 8.00. The molecule has 1 unspecified atom stereocenters. The third kappa shape index (κ3) is 4.73. The number of rotatable bonds is 5. The number of carboxylic acids is 1. The van der Waals surface area contributed by atoms with Crippen molar-refractivity contribution in [3.8, 4) is 0 Å². The highest BCUT2D eigenvalue weighted by Crippen LogP contribution is 2.10. The van der Waals surface area contributed by atoms with E-state index < -0.39 is 5.97 Å². The van der Waals surface area contributed by atoms with Crippen LogP contribution in [0.5, 0.6) is 0 Å². The van der Waals surface area contributed by atoms with E-state index in [2.05, 4.69) is 19.2 Å². The van der Waals surface area contributed by atoms with Gasteiger partial charge in [0.2, 0.25) is 5.91 Å². The zero-order chi connectivity index (χ0) is 12.8. The van der Waals surface area contributed by atoms with Gasteiger partial charge in [-0.2, -0.15) is 0 Å². The number of nitrogens with one attached hydrogen (secondary N) is 1. The van der Waals surface area contributed by atoms with Crippen LogP contribution in [0.25, 0.3) is 0 Å². The Morgan fingerprint density at radius 3 is 2.88 bits per heavy atom. The lowest BCUT2D eigenvalue weighted by atomic mass is 10.1. The van der Waals surface area contributed by atoms with Gasteiger partial charge in [-0.05, 0) is 25.3 Å². The molecule has 2 N–H and O–H groups in total. The Hall–Kier alpha value is -1.10. The summed E-state index contributed by atoms with van der Waals surface area (Å²) in [7, 11) is 0. The van der Waals surface area contributed by atoms with E-state index in [1.807, 2.05) is 4.90 Å². The Morgan fingerprint density at radius 1 is 1.59 bits per heavy atom. The van der Waals surface area contributed by atoms with E-state index in [-0.39, 0.29) is 18.4 Å². The van der Waals surface area contributed by atoms with Crippen molar-refractivity contribution >= 4 is 11.9 Å². The second-order valence-corrected chi connectivity index (χ2v) is 4.97. The van der Waals surface area contributed by atoms with Gasteiger partial charge in [-0.1, -0.05) is 13.8 Å². The molecule has 0 bridgehead atoms. The monoisotopic (exact) mass is 242 g/mol. The quantitative estimate of drug-likeness (QED) is 0.744. The van der Waals surface area contributed by atoms with Crippen molar-refractivity contribution in [2.45, 2.75) is 39.2 Å². The van der Waals surface area contributed by atoms with Crippen LogP contribution in [-0.4, -0.2) is 47.6 Å². The van der Waals surface area contributed by atoms with Gasteiger partial charge in [0, 0.05) is 19.5 Å². The zero-order valence-corrected chi connectivity index (χ0v) is 10.6. The lowest BCUT2D eigenvalue weighted by Crippen LogP contribution is -2.45. The van der Waals surface area contributed by atoms with Gasteiger partial charge in [-0.3, -0.25) is 9.59 Å². The Balaban J connectivity index is 2.57. The van der Waals surface area contributed by atoms with E-state index in [0.29, 0.717) is 12.3 Å². The molecule has 98 valence electrons. The number of carbonyl (C=O) groups is 2. The minimum Gasteiger partial charge on any atom is -0.481 e. The van der Waals surface area contributed by atoms with E-state index in [1.165, 1.54) is 0 Å². The van der Waals surface area contributed by atoms with Gasteiger partial charge < -0.3 is 15.3 Å². The smallest absolute Gasteiger partial charge is 0.303 e. The van der Waals surface area contributed by atoms with Gasteiger partial charge in [0.15, 0.2) is 0 Å². The molecule has 5 heteroatoms. The Labute approximate surface area is 102 Å². The number of hydrogen-bond acceptors (Lipinski definition) is 3. The predicted molar refractivity (Wildman–Crippen MR) is 64.7 cm³/mol. The molecular formula is C12H22N2O3. The fourth-order valence-corrected chi connectivity index (χ4v) is 2.08. The van der Waals surface area contributed by atoms with Crippen molar-refractivity contribution in [3.05, 3.63) is 0 Å². The molecule has 0 aliphatic carbocycles. The molecule has 0 spiro atoms. The summed E-state index contributed by atoms with van der Waals surface area (Å²) in [4.78, 5) is 24.6. The molecule has 1 heterocycles. The summed E-state index contributed by atoms with van der Waals surface area (Å²) in [5.74, 6) is -0.353. The molecule has 0 aromatic heterocycles. The molecule has 1 amide bonds. The first-order valence-electron chi connectivity index (χ1n) is 6.24. The summed E-state index contributed by atoms with van der Waals surface area (Å²) in [5.41, 5.74) is 0. The van der Waals surface area contributed by atoms with Gasteiger partial charge >= 0.3 is 5.97 Å². The maximum absolute atomic E-state index is 12.2. The summed E-state index contributed by atoms with van der Waals surface area (Å²) in [5, 5.41) is 11.8. The SMILES string of the molecule is CC(C)CN1CCCNC(CCC(=O)O)C1=O. The molecule has 0 aromatic rings. The number of amides is 1. The highest BCUT2D eigenvalue weighted by Gasteiger charge is 2.27. The second-order valence-electron chi connectivity index (χ2n) is 4.97. The molecule has 0 saturated carbocycles. The zero-order valence-electron chi connectivity index (χ0n) is 10.6. The van der Waals surface area contributed by atoms with Crippen molar-refractivity contribution in [1.82, 2.24) is 10.2 Å². The average molecular weight is 242 g/mol. The van der Waals surface area contributed by atoms with Crippen LogP contribution in [0, 0.1) is 5.92 Å². The number of hydrogen-bond donors (Lipinski definition) is 2. The van der Waals surface area contributed by atoms with E-state index in [9.17, 15) is 9.59 Å². The summed E-state index contributed by atoms with van der Waals surface area (Å²) >= 11 is 0. The van der Waals surface area contributed by atoms with Crippen molar-refractivity contribution in [2.24, 2.45) is 5.92 Å². The van der Waals surface area contributed by atoms with Crippen LogP contribution in [0.2, 0.25) is 0 Å². The number of carboxylic acid groups (broad SMARTS) is 1. The van der Waals surface area contributed by atoms with Crippen LogP contribution in [0.1, 0.15) is 33.1 Å². The molecule has 1 fully saturated rings. The second kappa shape index (κ2) is 6.59. The molecule has 1 aliphatic rings. The van der Waals surface area contributed by atoms with Gasteiger partial charge in [0.25, 0.3) is 0 Å². The fourth-order valence-electron chi connectivity index (χ4n) is 2.08. The molecule has 17 heavy (non-hydrogen) atoms. The van der Waals surface area contributed by atoms with Crippen LogP contribution in [0.4, 0.5) is 0 Å². The van der Waals surface area contributed by atoms with Crippen molar-refractivity contribution in [1.29, 1.82) is 0 Å². The molecule has 1 rings (SSSR count). The van der Waals surface area contributed by atoms with E-state index >= 15 is 0 Å². The Bertz CT molecular complexity index is 279. The Morgan fingerprint density at radius 2 is 2.29 bits per heavy atom. The van der Waals surface area contributed by atoms with Gasteiger partial charge in [0.05, 0.1) is 6.04 Å². The van der Waals surface area contributed by atoms with Crippen LogP contribution < -0.4 is 5.32 Å². The highest BCUT2D eigenvalue weighted by atomic mass is 16.4. The van der Waals surface area contributed by atoms with Crippen molar-refractivity contribution < 1.29 is 14.7 Å². The molecule has 1 atom stereocenters. The topological polar surface area (TPSA) is 69.6 Å². The van der Waals surface area contributed by atoms with Crippen molar-refractivity contribution in [3.63, 3.8) is 0 Å². The molecule has 1 saturated heterocycles. The van der Waals surface area contributed by atoms with Crippen molar-refractivity contribution in [2.75, 3.05) is 19.6 Å². The summed E-state index contributed by atoms with van der Waals surface area (Å²) in [6, 6.07) is -0.327. The largest absolute Gasteiger partial charge is 0.481 e. The lowest BCUT2D eigenvalue weighted by Gasteiger charge is -2.25. The first kappa shape index (κ1) is 14.0. The lowest BCUT2D eigenvalue weighted by molar-refractivity contribution is -0.138. The van der Waals surface area contributed by atoms with Gasteiger partial charge in [-0.25, -0.2) is 0 Å². The third-order valence-corrected chi connectivity index (χ3v) is 2.84. The van der Waals surface area contributed by atoms with Crippen LogP contribution in [0.3, 0.4) is 0 Å². The average Bonchev–Trinajstić information content (AvgIpc) is 2.39. The molecule has 0 aromatic carbocycles. The predicted octanol–water partition coefficient (Wildman–Crippen LogP) is 0.698. The third-order valence-electron chi connectivity index (χ3n) is 2.84. The van der Waals surface area contributed by atoms with E-state index in [4.69, 9.17) is 5.11 Å². The summed E-state index contributed by atoms with van der Waals surface area (Å²) in [6.45, 7) is 6.47. The first-order valence-corrected chi connectivity index (χ1v) is 6.24.